The monoisotopic (exact) mass is 871 g/mol. The van der Waals surface area contributed by atoms with Crippen LogP contribution in [0.5, 0.6) is 0 Å². The minimum atomic E-state index is -0.896. The number of allylic oxidation sites excluding steroid dienone is 24. The van der Waals surface area contributed by atoms with Crippen LogP contribution in [0, 0.1) is 0 Å². The van der Waals surface area contributed by atoms with E-state index in [2.05, 4.69) is 98.9 Å². The number of carboxylic acids is 1. The number of unbranched alkanes of at least 4 members (excludes halogenated alkanes) is 6. The van der Waals surface area contributed by atoms with Gasteiger partial charge in [-0.1, -0.05) is 173 Å². The SMILES string of the molecule is CC/C=C/C=C/C=C/C=C/C=C/C=C/CCCCCC(=O)OC(COCCC(C(=O)O)[N+](C)(C)C)COC(=O)CCCCC/C=C/C/C=C/C/C=C/C/C=C/C/C=C/C/C=C/CC. The van der Waals surface area contributed by atoms with E-state index < -0.39 is 18.1 Å². The van der Waals surface area contributed by atoms with Gasteiger partial charge in [-0.25, -0.2) is 4.79 Å². The van der Waals surface area contributed by atoms with Crippen molar-refractivity contribution in [3.05, 3.63) is 146 Å². The molecule has 0 rings (SSSR count). The fourth-order valence-corrected chi connectivity index (χ4v) is 5.83. The van der Waals surface area contributed by atoms with Crippen LogP contribution in [-0.2, 0) is 28.6 Å². The van der Waals surface area contributed by atoms with E-state index in [1.165, 1.54) is 0 Å². The summed E-state index contributed by atoms with van der Waals surface area (Å²) >= 11 is 0. The summed E-state index contributed by atoms with van der Waals surface area (Å²) in [7, 11) is 5.48. The summed E-state index contributed by atoms with van der Waals surface area (Å²) in [5, 5.41) is 9.64. The standard InChI is InChI=1S/C55H83NO7/c1-6-8-10-12-14-16-18-20-22-24-25-26-27-28-30-31-33-35-37-39-41-43-45-53(57)62-50-51(49-61-48-47-52(55(59)60)56(3,4)5)63-54(58)46-44-42-40-38-36-34-32-29-23-21-19-17-15-13-11-9-7-2/h8-11,13-17,19-23,25-26,28-30,32-36,51-52H,6-7,12,18,24,27,31,37-50H2,1-5H3/p+1/b10-8+,11-9+,15-13+,16-14+,19-17+,22-20+,23-21+,26-25+,30-28+,32-29+,35-33+,36-34+. The van der Waals surface area contributed by atoms with Gasteiger partial charge in [0.2, 0.25) is 0 Å². The first-order valence-electron chi connectivity index (χ1n) is 23.5. The number of ether oxygens (including phenoxy) is 3. The van der Waals surface area contributed by atoms with Crippen LogP contribution in [-0.4, -0.2) is 80.6 Å². The maximum absolute atomic E-state index is 12.7. The second kappa shape index (κ2) is 43.8. The molecule has 0 saturated carbocycles. The molecule has 350 valence electrons. The predicted octanol–water partition coefficient (Wildman–Crippen LogP) is 13.4. The van der Waals surface area contributed by atoms with Crippen molar-refractivity contribution in [3.8, 4) is 0 Å². The van der Waals surface area contributed by atoms with Gasteiger partial charge in [0, 0.05) is 19.3 Å². The molecule has 0 aliphatic carbocycles. The van der Waals surface area contributed by atoms with Gasteiger partial charge in [0.1, 0.15) is 6.61 Å². The molecule has 0 aliphatic rings. The van der Waals surface area contributed by atoms with Gasteiger partial charge >= 0.3 is 17.9 Å². The molecule has 0 heterocycles. The van der Waals surface area contributed by atoms with Crippen LogP contribution in [0.15, 0.2) is 146 Å². The van der Waals surface area contributed by atoms with Crippen molar-refractivity contribution >= 4 is 17.9 Å². The van der Waals surface area contributed by atoms with Crippen molar-refractivity contribution in [2.24, 2.45) is 0 Å². The number of quaternary nitrogens is 1. The first-order valence-corrected chi connectivity index (χ1v) is 23.5. The lowest BCUT2D eigenvalue weighted by Gasteiger charge is -2.31. The smallest absolute Gasteiger partial charge is 0.362 e. The van der Waals surface area contributed by atoms with Crippen LogP contribution in [0.4, 0.5) is 0 Å². The van der Waals surface area contributed by atoms with E-state index in [4.69, 9.17) is 14.2 Å². The molecule has 0 saturated heterocycles. The van der Waals surface area contributed by atoms with Gasteiger partial charge in [0.15, 0.2) is 12.1 Å². The van der Waals surface area contributed by atoms with E-state index in [0.717, 1.165) is 89.9 Å². The van der Waals surface area contributed by atoms with E-state index >= 15 is 0 Å². The van der Waals surface area contributed by atoms with E-state index in [0.29, 0.717) is 19.3 Å². The van der Waals surface area contributed by atoms with E-state index in [1.54, 1.807) is 0 Å². The van der Waals surface area contributed by atoms with Crippen molar-refractivity contribution in [2.45, 2.75) is 142 Å². The summed E-state index contributed by atoms with van der Waals surface area (Å²) in [6.07, 6.45) is 64.6. The van der Waals surface area contributed by atoms with Gasteiger partial charge in [-0.05, 0) is 83.5 Å². The van der Waals surface area contributed by atoms with Crippen LogP contribution < -0.4 is 0 Å². The van der Waals surface area contributed by atoms with Gasteiger partial charge in [0.25, 0.3) is 0 Å². The van der Waals surface area contributed by atoms with E-state index in [9.17, 15) is 19.5 Å². The fourth-order valence-electron chi connectivity index (χ4n) is 5.83. The number of carboxylic acid groups (broad SMARTS) is 1. The summed E-state index contributed by atoms with van der Waals surface area (Å²) in [5.74, 6) is -1.59. The van der Waals surface area contributed by atoms with Gasteiger partial charge in [-0.3, -0.25) is 9.59 Å². The molecule has 0 bridgehead atoms. The number of nitrogens with zero attached hydrogens (tertiary/aromatic N) is 1. The number of hydrogen-bond donors (Lipinski definition) is 1. The van der Waals surface area contributed by atoms with E-state index in [-0.39, 0.29) is 42.7 Å². The maximum Gasteiger partial charge on any atom is 0.362 e. The van der Waals surface area contributed by atoms with Crippen molar-refractivity contribution in [2.75, 3.05) is 41.0 Å². The molecular formula is C55H84NO7+. The molecule has 0 aliphatic heterocycles. The summed E-state index contributed by atoms with van der Waals surface area (Å²) in [6, 6.07) is -0.640. The lowest BCUT2D eigenvalue weighted by atomic mass is 10.1. The summed E-state index contributed by atoms with van der Waals surface area (Å²) in [4.78, 5) is 37.1. The van der Waals surface area contributed by atoms with Crippen molar-refractivity contribution in [3.63, 3.8) is 0 Å². The molecule has 0 aromatic rings. The Bertz CT molecular complexity index is 1530. The van der Waals surface area contributed by atoms with Crippen LogP contribution in [0.25, 0.3) is 0 Å². The molecule has 0 aromatic heterocycles. The van der Waals surface area contributed by atoms with Crippen LogP contribution in [0.1, 0.15) is 129 Å². The van der Waals surface area contributed by atoms with Gasteiger partial charge in [0.05, 0.1) is 34.4 Å². The molecule has 8 heteroatoms. The topological polar surface area (TPSA) is 99.1 Å². The maximum atomic E-state index is 12.7. The highest BCUT2D eigenvalue weighted by molar-refractivity contribution is 5.72. The Hall–Kier alpha value is -4.79. The van der Waals surface area contributed by atoms with Crippen molar-refractivity contribution in [1.82, 2.24) is 0 Å². The number of carbonyl (C=O) groups is 3. The van der Waals surface area contributed by atoms with Gasteiger partial charge < -0.3 is 23.8 Å². The molecule has 0 fully saturated rings. The molecule has 2 atom stereocenters. The lowest BCUT2D eigenvalue weighted by Crippen LogP contribution is -2.50. The summed E-state index contributed by atoms with van der Waals surface area (Å²) in [5.41, 5.74) is 0. The second-order valence-electron chi connectivity index (χ2n) is 16.0. The average molecular weight is 871 g/mol. The molecule has 0 spiro atoms. The average Bonchev–Trinajstić information content (AvgIpc) is 3.24. The number of carbonyl (C=O) groups excluding carboxylic acids is 2. The highest BCUT2D eigenvalue weighted by atomic mass is 16.6. The molecule has 1 N–H and O–H groups in total. The van der Waals surface area contributed by atoms with Gasteiger partial charge in [-0.15, -0.1) is 0 Å². The molecule has 0 amide bonds. The highest BCUT2D eigenvalue weighted by Gasteiger charge is 2.31. The number of likely N-dealkylation sites (N-methyl/N-ethyl adjacent to an activating group) is 1. The summed E-state index contributed by atoms with van der Waals surface area (Å²) in [6.45, 7) is 4.36. The zero-order valence-corrected chi connectivity index (χ0v) is 39.7. The van der Waals surface area contributed by atoms with Crippen LogP contribution in [0.2, 0.25) is 0 Å². The Balaban J connectivity index is 4.49. The number of rotatable bonds is 39. The third-order valence-corrected chi connectivity index (χ3v) is 9.40. The Morgan fingerprint density at radius 1 is 0.492 bits per heavy atom. The largest absolute Gasteiger partial charge is 0.477 e. The third kappa shape index (κ3) is 42.3. The second-order valence-corrected chi connectivity index (χ2v) is 16.0. The zero-order valence-electron chi connectivity index (χ0n) is 39.7. The Labute approximate surface area is 383 Å². The van der Waals surface area contributed by atoms with Crippen LogP contribution in [0.3, 0.4) is 0 Å². The molecule has 8 nitrogen and oxygen atoms in total. The minimum absolute atomic E-state index is 0.0198. The number of aliphatic carboxylic acids is 1. The Morgan fingerprint density at radius 2 is 0.921 bits per heavy atom. The Kier molecular flexibility index (Phi) is 40.5. The lowest BCUT2D eigenvalue weighted by molar-refractivity contribution is -0.887. The summed E-state index contributed by atoms with van der Waals surface area (Å²) < 4.78 is 17.2. The van der Waals surface area contributed by atoms with Crippen molar-refractivity contribution < 1.29 is 38.2 Å². The zero-order chi connectivity index (χ0) is 46.3. The normalized spacial score (nSPS) is 14.2. The van der Waals surface area contributed by atoms with Crippen LogP contribution >= 0.6 is 0 Å². The third-order valence-electron chi connectivity index (χ3n) is 9.40. The Morgan fingerprint density at radius 3 is 1.40 bits per heavy atom. The molecule has 63 heavy (non-hydrogen) atoms. The quantitative estimate of drug-likeness (QED) is 0.0216. The molecular weight excluding hydrogens is 787 g/mol. The predicted molar refractivity (Wildman–Crippen MR) is 265 cm³/mol. The minimum Gasteiger partial charge on any atom is -0.477 e. The highest BCUT2D eigenvalue weighted by Crippen LogP contribution is 2.11. The van der Waals surface area contributed by atoms with Crippen molar-refractivity contribution in [1.29, 1.82) is 0 Å². The number of esters is 2. The molecule has 0 aromatic carbocycles. The molecule has 0 radical (unpaired) electrons. The first-order chi connectivity index (χ1) is 30.6. The number of hydrogen-bond acceptors (Lipinski definition) is 6. The fraction of sp³-hybridized carbons (Fsp3) is 0.509. The van der Waals surface area contributed by atoms with E-state index in [1.807, 2.05) is 81.9 Å². The molecule has 2 unspecified atom stereocenters. The van der Waals surface area contributed by atoms with Gasteiger partial charge in [-0.2, -0.15) is 0 Å². The first kappa shape index (κ1) is 58.2.